The first-order valence-corrected chi connectivity index (χ1v) is 10.4. The molecule has 0 saturated heterocycles. The molecule has 2 atom stereocenters. The molecule has 0 radical (unpaired) electrons. The molecule has 144 valence electrons. The van der Waals surface area contributed by atoms with Crippen LogP contribution in [0.4, 0.5) is 0 Å². The van der Waals surface area contributed by atoms with E-state index >= 15 is 0 Å². The minimum absolute atomic E-state index is 0.167. The Labute approximate surface area is 174 Å². The Morgan fingerprint density at radius 3 is 2.20 bits per heavy atom. The zero-order valence-electron chi connectivity index (χ0n) is 16.4. The van der Waals surface area contributed by atoms with Crippen LogP contribution in [-0.4, -0.2) is 0 Å². The minimum Gasteiger partial charge on any atom is -0.472 e. The van der Waals surface area contributed by atoms with Crippen LogP contribution in [0.1, 0.15) is 46.3 Å². The predicted molar refractivity (Wildman–Crippen MR) is 113 cm³/mol. The zero-order chi connectivity index (χ0) is 19.7. The molecule has 8 rings (SSSR count). The van der Waals surface area contributed by atoms with Crippen molar-refractivity contribution in [1.29, 1.82) is 0 Å². The van der Waals surface area contributed by atoms with Gasteiger partial charge in [0.15, 0.2) is 17.9 Å². The Hall–Kier alpha value is -3.59. The van der Waals surface area contributed by atoms with Crippen LogP contribution in [0.25, 0.3) is 10.8 Å². The van der Waals surface area contributed by atoms with E-state index in [-0.39, 0.29) is 17.4 Å². The molecule has 0 fully saturated rings. The van der Waals surface area contributed by atoms with E-state index in [0.29, 0.717) is 0 Å². The quantitative estimate of drug-likeness (QED) is 0.360. The number of nitrogens with zero attached hydrogens (tertiary/aromatic N) is 1. The van der Waals surface area contributed by atoms with Crippen molar-refractivity contribution in [2.24, 2.45) is 0 Å². The fraction of sp³-hybridized carbons (Fsp3) is 0.148. The van der Waals surface area contributed by atoms with E-state index in [0.717, 1.165) is 6.42 Å². The van der Waals surface area contributed by atoms with Crippen molar-refractivity contribution in [3.8, 4) is 0 Å². The SMILES string of the molecule is c1ccc2c(c1)C1CC(c3ccoc3)(c3ccoc3)C2c2c3ccccc3cc[n+]21. The van der Waals surface area contributed by atoms with Crippen molar-refractivity contribution in [3.63, 3.8) is 0 Å². The molecule has 0 amide bonds. The number of rotatable bonds is 2. The molecular formula is C27H20NO2+. The molecular weight excluding hydrogens is 370 g/mol. The standard InChI is InChI=1S/C27H20NO2/c1-2-6-21-18(5-1)9-12-28-24-15-27(19-10-13-29-16-19,20-11-14-30-17-20)25(26(21)28)23-8-4-3-7-22(23)24/h1-14,16-17,24-25H,15H2/q+1. The molecule has 5 heterocycles. The highest BCUT2D eigenvalue weighted by atomic mass is 16.3. The van der Waals surface area contributed by atoms with E-state index in [1.54, 1.807) is 12.5 Å². The monoisotopic (exact) mass is 390 g/mol. The Morgan fingerprint density at radius 1 is 0.767 bits per heavy atom. The van der Waals surface area contributed by atoms with Gasteiger partial charge in [0.05, 0.1) is 36.4 Å². The second kappa shape index (κ2) is 5.73. The van der Waals surface area contributed by atoms with E-state index < -0.39 is 0 Å². The molecule has 2 unspecified atom stereocenters. The zero-order valence-corrected chi connectivity index (χ0v) is 16.4. The van der Waals surface area contributed by atoms with E-state index in [1.807, 2.05) is 12.5 Å². The Morgan fingerprint density at radius 2 is 1.47 bits per heavy atom. The van der Waals surface area contributed by atoms with Crippen molar-refractivity contribution in [3.05, 3.63) is 126 Å². The van der Waals surface area contributed by atoms with Crippen molar-refractivity contribution < 1.29 is 13.4 Å². The number of aromatic nitrogens is 1. The summed E-state index contributed by atoms with van der Waals surface area (Å²) in [4.78, 5) is 0. The van der Waals surface area contributed by atoms with E-state index in [9.17, 15) is 0 Å². The summed E-state index contributed by atoms with van der Waals surface area (Å²) in [6.07, 6.45) is 10.7. The summed E-state index contributed by atoms with van der Waals surface area (Å²) in [6, 6.07) is 24.5. The smallest absolute Gasteiger partial charge is 0.198 e. The lowest BCUT2D eigenvalue weighted by molar-refractivity contribution is -0.731. The van der Waals surface area contributed by atoms with Gasteiger partial charge >= 0.3 is 0 Å². The van der Waals surface area contributed by atoms with Gasteiger partial charge in [-0.25, -0.2) is 0 Å². The Kier molecular flexibility index (Phi) is 3.10. The van der Waals surface area contributed by atoms with Gasteiger partial charge in [-0.15, -0.1) is 0 Å². The average molecular weight is 390 g/mol. The predicted octanol–water partition coefficient (Wildman–Crippen LogP) is 5.74. The first-order chi connectivity index (χ1) is 14.9. The summed E-state index contributed by atoms with van der Waals surface area (Å²) in [5.41, 5.74) is 6.42. The summed E-state index contributed by atoms with van der Waals surface area (Å²) in [6.45, 7) is 0. The first kappa shape index (κ1) is 16.2. The average Bonchev–Trinajstić information content (AvgIpc) is 3.54. The second-order valence-corrected chi connectivity index (χ2v) is 8.47. The topological polar surface area (TPSA) is 30.2 Å². The molecule has 1 aliphatic carbocycles. The lowest BCUT2D eigenvalue weighted by Crippen LogP contribution is -2.60. The highest BCUT2D eigenvalue weighted by Gasteiger charge is 2.60. The van der Waals surface area contributed by atoms with Crippen LogP contribution in [-0.2, 0) is 5.41 Å². The molecule has 3 heteroatoms. The fourth-order valence-electron chi connectivity index (χ4n) is 6.11. The van der Waals surface area contributed by atoms with E-state index in [2.05, 4.69) is 77.5 Å². The van der Waals surface area contributed by atoms with Gasteiger partial charge in [0.25, 0.3) is 0 Å². The van der Waals surface area contributed by atoms with Crippen LogP contribution >= 0.6 is 0 Å². The molecule has 0 spiro atoms. The summed E-state index contributed by atoms with van der Waals surface area (Å²) in [7, 11) is 0. The maximum atomic E-state index is 5.62. The molecule has 3 aliphatic rings. The highest BCUT2D eigenvalue weighted by molar-refractivity contribution is 5.85. The molecule has 3 nitrogen and oxygen atoms in total. The Balaban J connectivity index is 1.65. The number of furan rings is 2. The van der Waals surface area contributed by atoms with Gasteiger partial charge in [0.2, 0.25) is 0 Å². The lowest BCUT2D eigenvalue weighted by Gasteiger charge is -2.48. The van der Waals surface area contributed by atoms with Crippen molar-refractivity contribution in [1.82, 2.24) is 0 Å². The third-order valence-electron chi connectivity index (χ3n) is 7.29. The summed E-state index contributed by atoms with van der Waals surface area (Å²) < 4.78 is 13.8. The van der Waals surface area contributed by atoms with Crippen molar-refractivity contribution in [2.75, 3.05) is 0 Å². The maximum absolute atomic E-state index is 5.62. The van der Waals surface area contributed by atoms with Crippen LogP contribution < -0.4 is 4.57 Å². The molecule has 0 saturated carbocycles. The van der Waals surface area contributed by atoms with Crippen LogP contribution in [0, 0.1) is 0 Å². The van der Waals surface area contributed by atoms with Crippen LogP contribution in [0.3, 0.4) is 0 Å². The fourth-order valence-corrected chi connectivity index (χ4v) is 6.11. The van der Waals surface area contributed by atoms with E-state index in [1.165, 1.54) is 38.7 Å². The van der Waals surface area contributed by atoms with Gasteiger partial charge in [-0.3, -0.25) is 0 Å². The molecule has 30 heavy (non-hydrogen) atoms. The number of benzene rings is 2. The van der Waals surface area contributed by atoms with Gasteiger partial charge in [-0.1, -0.05) is 42.5 Å². The number of hydrogen-bond donors (Lipinski definition) is 0. The molecule has 2 aliphatic heterocycles. The Bertz CT molecular complexity index is 1350. The van der Waals surface area contributed by atoms with Crippen LogP contribution in [0.5, 0.6) is 0 Å². The molecule has 2 bridgehead atoms. The van der Waals surface area contributed by atoms with Gasteiger partial charge in [-0.05, 0) is 29.1 Å². The highest BCUT2D eigenvalue weighted by Crippen LogP contribution is 2.60. The first-order valence-electron chi connectivity index (χ1n) is 10.4. The number of pyridine rings is 1. The van der Waals surface area contributed by atoms with Crippen molar-refractivity contribution >= 4 is 10.8 Å². The van der Waals surface area contributed by atoms with Gasteiger partial charge in [0, 0.05) is 34.6 Å². The number of fused-ring (bicyclic) bond motifs is 2. The summed E-state index contributed by atoms with van der Waals surface area (Å²) >= 11 is 0. The number of hydrogen-bond acceptors (Lipinski definition) is 2. The van der Waals surface area contributed by atoms with Crippen molar-refractivity contribution in [2.45, 2.75) is 23.8 Å². The lowest BCUT2D eigenvalue weighted by atomic mass is 9.53. The summed E-state index contributed by atoms with van der Waals surface area (Å²) in [5.74, 6) is 0.167. The van der Waals surface area contributed by atoms with Crippen LogP contribution in [0.15, 0.2) is 107 Å². The van der Waals surface area contributed by atoms with E-state index in [4.69, 9.17) is 8.83 Å². The second-order valence-electron chi connectivity index (χ2n) is 8.47. The summed E-state index contributed by atoms with van der Waals surface area (Å²) in [5, 5.41) is 2.60. The molecule has 2 aromatic carbocycles. The molecule has 0 N–H and O–H groups in total. The van der Waals surface area contributed by atoms with Gasteiger partial charge < -0.3 is 8.83 Å². The molecule has 3 aromatic heterocycles. The molecule has 5 aromatic rings. The third kappa shape index (κ3) is 1.88. The van der Waals surface area contributed by atoms with Gasteiger partial charge in [-0.2, -0.15) is 4.57 Å². The van der Waals surface area contributed by atoms with Crippen LogP contribution in [0.2, 0.25) is 0 Å². The van der Waals surface area contributed by atoms with Gasteiger partial charge in [0.1, 0.15) is 0 Å². The normalized spacial score (nSPS) is 20.8. The maximum Gasteiger partial charge on any atom is 0.198 e. The third-order valence-corrected chi connectivity index (χ3v) is 7.29. The largest absolute Gasteiger partial charge is 0.472 e. The minimum atomic E-state index is -0.233.